The molecule has 0 aliphatic carbocycles. The fourth-order valence-electron chi connectivity index (χ4n) is 4.34. The van der Waals surface area contributed by atoms with Crippen molar-refractivity contribution in [3.8, 4) is 5.75 Å². The summed E-state index contributed by atoms with van der Waals surface area (Å²) >= 11 is 1.96. The lowest BCUT2D eigenvalue weighted by molar-refractivity contribution is 0.306. The van der Waals surface area contributed by atoms with E-state index in [0.717, 1.165) is 36.6 Å². The number of nitrogens with zero attached hydrogens (tertiary/aromatic N) is 1. The Morgan fingerprint density at radius 2 is 1.36 bits per heavy atom. The average molecular weight is 494 g/mol. The number of unbranched alkanes of at least 4 members (excludes halogenated alkanes) is 2. The van der Waals surface area contributed by atoms with Crippen LogP contribution in [0.5, 0.6) is 5.75 Å². The van der Waals surface area contributed by atoms with Crippen molar-refractivity contribution >= 4 is 22.9 Å². The van der Waals surface area contributed by atoms with Gasteiger partial charge in [-0.2, -0.15) is 11.8 Å². The number of ether oxygens (including phenoxy) is 1. The topological polar surface area (TPSA) is 22.1 Å². The quantitative estimate of drug-likeness (QED) is 0.137. The maximum absolute atomic E-state index is 6.06. The fourth-order valence-corrected chi connectivity index (χ4v) is 5.27. The molecule has 0 aliphatic heterocycles. The van der Waals surface area contributed by atoms with Gasteiger partial charge >= 0.3 is 0 Å². The van der Waals surface area contributed by atoms with Gasteiger partial charge in [0.15, 0.2) is 0 Å². The second-order valence-electron chi connectivity index (χ2n) is 8.75. The summed E-state index contributed by atoms with van der Waals surface area (Å²) in [7, 11) is 0. The molecule has 3 heteroatoms. The van der Waals surface area contributed by atoms with Crippen molar-refractivity contribution in [1.82, 2.24) is 4.98 Å². The molecule has 2 nitrogen and oxygen atoms in total. The van der Waals surface area contributed by atoms with Gasteiger partial charge in [0, 0.05) is 11.9 Å². The number of hydrogen-bond donors (Lipinski definition) is 0. The second-order valence-corrected chi connectivity index (χ2v) is 9.85. The van der Waals surface area contributed by atoms with Gasteiger partial charge in [-0.1, -0.05) is 85.8 Å². The molecule has 0 atom stereocenters. The van der Waals surface area contributed by atoms with Crippen LogP contribution in [0.4, 0.5) is 0 Å². The van der Waals surface area contributed by atoms with Crippen LogP contribution in [0.3, 0.4) is 0 Å². The molecule has 0 radical (unpaired) electrons. The summed E-state index contributed by atoms with van der Waals surface area (Å²) < 4.78 is 6.06. The van der Waals surface area contributed by atoms with Gasteiger partial charge in [-0.3, -0.25) is 4.98 Å². The smallest absolute Gasteiger partial charge is 0.119 e. The highest BCUT2D eigenvalue weighted by Gasteiger charge is 2.13. The normalized spacial score (nSPS) is 11.7. The molecule has 0 bridgehead atoms. The van der Waals surface area contributed by atoms with Gasteiger partial charge in [0.1, 0.15) is 5.75 Å². The monoisotopic (exact) mass is 493 g/mol. The SMILES string of the molecule is CC/C(=C(\c1ccccc1)c1ccc(OCCCCCSCc2ccccn2)cc1)c1ccccc1. The maximum atomic E-state index is 6.06. The lowest BCUT2D eigenvalue weighted by Gasteiger charge is -2.17. The zero-order valence-corrected chi connectivity index (χ0v) is 21.9. The van der Waals surface area contributed by atoms with Crippen LogP contribution in [-0.4, -0.2) is 17.3 Å². The van der Waals surface area contributed by atoms with Crippen LogP contribution in [0.1, 0.15) is 55.0 Å². The van der Waals surface area contributed by atoms with E-state index in [4.69, 9.17) is 4.74 Å². The predicted molar refractivity (Wildman–Crippen MR) is 155 cm³/mol. The zero-order chi connectivity index (χ0) is 24.8. The first-order valence-corrected chi connectivity index (χ1v) is 14.1. The molecule has 4 aromatic rings. The molecule has 0 saturated carbocycles. The molecule has 3 aromatic carbocycles. The summed E-state index contributed by atoms with van der Waals surface area (Å²) in [5.41, 5.74) is 7.55. The van der Waals surface area contributed by atoms with Crippen molar-refractivity contribution in [2.24, 2.45) is 0 Å². The molecule has 0 N–H and O–H groups in total. The molecule has 0 unspecified atom stereocenters. The molecular weight excluding hydrogens is 458 g/mol. The minimum atomic E-state index is 0.760. The molecule has 0 spiro atoms. The number of hydrogen-bond acceptors (Lipinski definition) is 3. The standard InChI is InChI=1S/C33H35NOS/c1-2-32(27-14-6-3-7-15-27)33(28-16-8-4-9-17-28)29-19-21-31(22-20-29)35-24-12-5-13-25-36-26-30-18-10-11-23-34-30/h3-4,6-11,14-23H,2,5,12-13,24-26H2,1H3/b33-32-. The Morgan fingerprint density at radius 1 is 0.694 bits per heavy atom. The molecule has 36 heavy (non-hydrogen) atoms. The summed E-state index contributed by atoms with van der Waals surface area (Å²) in [4.78, 5) is 4.38. The highest BCUT2D eigenvalue weighted by Crippen LogP contribution is 2.34. The summed E-state index contributed by atoms with van der Waals surface area (Å²) in [6.45, 7) is 3.00. The predicted octanol–water partition coefficient (Wildman–Crippen LogP) is 8.93. The van der Waals surface area contributed by atoms with Crippen molar-refractivity contribution < 1.29 is 4.74 Å². The van der Waals surface area contributed by atoms with E-state index < -0.39 is 0 Å². The second kappa shape index (κ2) is 14.3. The van der Waals surface area contributed by atoms with Gasteiger partial charge < -0.3 is 4.74 Å². The van der Waals surface area contributed by atoms with Crippen LogP contribution in [0.2, 0.25) is 0 Å². The fraction of sp³-hybridized carbons (Fsp3) is 0.242. The number of rotatable bonds is 13. The van der Waals surface area contributed by atoms with Crippen molar-refractivity contribution in [1.29, 1.82) is 0 Å². The van der Waals surface area contributed by atoms with E-state index in [-0.39, 0.29) is 0 Å². The largest absolute Gasteiger partial charge is 0.494 e. The molecule has 0 amide bonds. The van der Waals surface area contributed by atoms with Gasteiger partial charge in [0.25, 0.3) is 0 Å². The Kier molecular flexibility index (Phi) is 10.2. The van der Waals surface area contributed by atoms with Gasteiger partial charge in [0.2, 0.25) is 0 Å². The molecule has 184 valence electrons. The van der Waals surface area contributed by atoms with Crippen LogP contribution < -0.4 is 4.74 Å². The van der Waals surface area contributed by atoms with Crippen molar-refractivity contribution in [2.45, 2.75) is 38.4 Å². The highest BCUT2D eigenvalue weighted by atomic mass is 32.2. The number of aromatic nitrogens is 1. The molecule has 0 saturated heterocycles. The first-order chi connectivity index (χ1) is 17.8. The molecule has 0 fully saturated rings. The number of thioether (sulfide) groups is 1. The molecule has 1 aromatic heterocycles. The lowest BCUT2D eigenvalue weighted by atomic mass is 9.88. The Morgan fingerprint density at radius 3 is 2.03 bits per heavy atom. The summed E-state index contributed by atoms with van der Waals surface area (Å²) in [5.74, 6) is 3.10. The lowest BCUT2D eigenvalue weighted by Crippen LogP contribution is -1.99. The number of allylic oxidation sites excluding steroid dienone is 1. The van der Waals surface area contributed by atoms with E-state index in [1.54, 1.807) is 0 Å². The van der Waals surface area contributed by atoms with E-state index in [1.807, 2.05) is 24.0 Å². The minimum absolute atomic E-state index is 0.760. The maximum Gasteiger partial charge on any atom is 0.119 e. The Bertz CT molecular complexity index is 1190. The van der Waals surface area contributed by atoms with E-state index in [9.17, 15) is 0 Å². The third kappa shape index (κ3) is 7.60. The molecule has 1 heterocycles. The van der Waals surface area contributed by atoms with Crippen LogP contribution in [0, 0.1) is 0 Å². The zero-order valence-electron chi connectivity index (χ0n) is 21.1. The Labute approximate surface area is 220 Å². The van der Waals surface area contributed by atoms with Crippen LogP contribution in [-0.2, 0) is 5.75 Å². The third-order valence-electron chi connectivity index (χ3n) is 6.16. The number of benzene rings is 3. The summed E-state index contributed by atoms with van der Waals surface area (Å²) in [5, 5.41) is 0. The third-order valence-corrected chi connectivity index (χ3v) is 7.24. The van der Waals surface area contributed by atoms with Gasteiger partial charge in [-0.25, -0.2) is 0 Å². The van der Waals surface area contributed by atoms with Crippen molar-refractivity contribution in [2.75, 3.05) is 12.4 Å². The Hall–Kier alpha value is -3.30. The molecular formula is C33H35NOS. The average Bonchev–Trinajstić information content (AvgIpc) is 2.95. The summed E-state index contributed by atoms with van der Waals surface area (Å²) in [6.07, 6.45) is 6.31. The molecule has 4 rings (SSSR count). The van der Waals surface area contributed by atoms with E-state index in [0.29, 0.717) is 0 Å². The van der Waals surface area contributed by atoms with E-state index >= 15 is 0 Å². The van der Waals surface area contributed by atoms with Crippen LogP contribution in [0.15, 0.2) is 109 Å². The highest BCUT2D eigenvalue weighted by molar-refractivity contribution is 7.98. The van der Waals surface area contributed by atoms with Gasteiger partial charge in [0.05, 0.1) is 12.3 Å². The minimum Gasteiger partial charge on any atom is -0.494 e. The van der Waals surface area contributed by atoms with Crippen molar-refractivity contribution in [3.05, 3.63) is 132 Å². The van der Waals surface area contributed by atoms with Crippen LogP contribution in [0.25, 0.3) is 11.1 Å². The first-order valence-electron chi connectivity index (χ1n) is 12.9. The first kappa shape index (κ1) is 25.8. The van der Waals surface area contributed by atoms with E-state index in [2.05, 4.69) is 109 Å². The number of pyridine rings is 1. The molecule has 0 aliphatic rings. The van der Waals surface area contributed by atoms with Crippen molar-refractivity contribution in [3.63, 3.8) is 0 Å². The Balaban J connectivity index is 1.32. The van der Waals surface area contributed by atoms with E-state index in [1.165, 1.54) is 46.4 Å². The van der Waals surface area contributed by atoms with Gasteiger partial charge in [-0.05, 0) is 83.5 Å². The summed E-state index contributed by atoms with van der Waals surface area (Å²) in [6, 6.07) is 36.1. The van der Waals surface area contributed by atoms with Gasteiger partial charge in [-0.15, -0.1) is 0 Å². The van der Waals surface area contributed by atoms with Crippen LogP contribution >= 0.6 is 11.8 Å².